The highest BCUT2D eigenvalue weighted by Gasteiger charge is 2.50. The van der Waals surface area contributed by atoms with E-state index in [1.807, 2.05) is 19.2 Å². The monoisotopic (exact) mass is 404 g/mol. The average Bonchev–Trinajstić information content (AvgIpc) is 2.68. The number of rotatable bonds is 14. The zero-order valence-corrected chi connectivity index (χ0v) is 17.3. The second kappa shape index (κ2) is 13.8. The molecule has 0 amide bonds. The first kappa shape index (κ1) is 23.7. The van der Waals surface area contributed by atoms with E-state index >= 15 is 0 Å². The van der Waals surface area contributed by atoms with Gasteiger partial charge in [0.25, 0.3) is 5.60 Å². The van der Waals surface area contributed by atoms with Crippen molar-refractivity contribution in [2.75, 3.05) is 45.3 Å². The van der Waals surface area contributed by atoms with Crippen LogP contribution < -0.4 is 10.6 Å². The Morgan fingerprint density at radius 3 is 2.37 bits per heavy atom. The summed E-state index contributed by atoms with van der Waals surface area (Å²) in [5, 5.41) is 6.48. The van der Waals surface area contributed by atoms with Crippen LogP contribution in [0.2, 0.25) is 0 Å². The van der Waals surface area contributed by atoms with E-state index in [-0.39, 0.29) is 38.3 Å². The molecule has 0 saturated carbocycles. The molecule has 0 aromatic carbocycles. The van der Waals surface area contributed by atoms with Crippen molar-refractivity contribution in [3.63, 3.8) is 0 Å². The Kier molecular flexibility index (Phi) is 12.2. The molecule has 1 heterocycles. The number of thioether (sulfide) groups is 1. The SMILES string of the molecule is CCOCCOC(CCCSC1NC=CCN1)(C(=O)OCC)C(=O)OCC. The summed E-state index contributed by atoms with van der Waals surface area (Å²) in [6.45, 7) is 7.29. The smallest absolute Gasteiger partial charge is 0.350 e. The van der Waals surface area contributed by atoms with Crippen molar-refractivity contribution >= 4 is 23.7 Å². The predicted octanol–water partition coefficient (Wildman–Crippen LogP) is 1.41. The highest BCUT2D eigenvalue weighted by atomic mass is 32.2. The van der Waals surface area contributed by atoms with Crippen LogP contribution in [-0.4, -0.2) is 68.4 Å². The van der Waals surface area contributed by atoms with E-state index in [1.165, 1.54) is 0 Å². The first-order valence-corrected chi connectivity index (χ1v) is 10.5. The number of carbonyl (C=O) groups excluding carboxylic acids is 2. The number of ether oxygens (including phenoxy) is 4. The van der Waals surface area contributed by atoms with Gasteiger partial charge >= 0.3 is 11.9 Å². The molecular weight excluding hydrogens is 372 g/mol. The molecule has 0 aromatic heterocycles. The Bertz CT molecular complexity index is 457. The molecule has 0 bridgehead atoms. The number of hydrogen-bond donors (Lipinski definition) is 2. The second-order valence-corrected chi connectivity index (χ2v) is 6.86. The molecule has 0 fully saturated rings. The van der Waals surface area contributed by atoms with Gasteiger partial charge in [-0.05, 0) is 45.6 Å². The number of nitrogens with one attached hydrogen (secondary N) is 2. The van der Waals surface area contributed by atoms with Crippen LogP contribution in [0.1, 0.15) is 33.6 Å². The van der Waals surface area contributed by atoms with Crippen molar-refractivity contribution in [3.05, 3.63) is 12.3 Å². The highest BCUT2D eigenvalue weighted by molar-refractivity contribution is 7.99. The third-order valence-electron chi connectivity index (χ3n) is 3.73. The molecule has 2 N–H and O–H groups in total. The fourth-order valence-corrected chi connectivity index (χ4v) is 3.41. The van der Waals surface area contributed by atoms with Crippen LogP contribution in [-0.2, 0) is 28.5 Å². The minimum atomic E-state index is -1.75. The molecule has 0 spiro atoms. The molecule has 27 heavy (non-hydrogen) atoms. The van der Waals surface area contributed by atoms with Gasteiger partial charge in [-0.15, -0.1) is 11.8 Å². The summed E-state index contributed by atoms with van der Waals surface area (Å²) in [7, 11) is 0. The Morgan fingerprint density at radius 2 is 1.81 bits per heavy atom. The molecule has 1 aliphatic rings. The van der Waals surface area contributed by atoms with Gasteiger partial charge in [0, 0.05) is 13.2 Å². The molecular formula is C18H32N2O6S. The topological polar surface area (TPSA) is 95.1 Å². The lowest BCUT2D eigenvalue weighted by Gasteiger charge is -2.29. The van der Waals surface area contributed by atoms with Gasteiger partial charge < -0.3 is 24.3 Å². The van der Waals surface area contributed by atoms with Crippen molar-refractivity contribution < 1.29 is 28.5 Å². The fraction of sp³-hybridized carbons (Fsp3) is 0.778. The highest BCUT2D eigenvalue weighted by Crippen LogP contribution is 2.25. The van der Waals surface area contributed by atoms with E-state index in [9.17, 15) is 9.59 Å². The molecule has 1 aliphatic heterocycles. The van der Waals surface area contributed by atoms with Crippen LogP contribution in [0.4, 0.5) is 0 Å². The lowest BCUT2D eigenvalue weighted by atomic mass is 9.97. The maximum atomic E-state index is 12.6. The van der Waals surface area contributed by atoms with Gasteiger partial charge in [-0.1, -0.05) is 6.08 Å². The van der Waals surface area contributed by atoms with Crippen LogP contribution in [0.3, 0.4) is 0 Å². The lowest BCUT2D eigenvalue weighted by Crippen LogP contribution is -2.52. The lowest BCUT2D eigenvalue weighted by molar-refractivity contribution is -0.193. The molecule has 0 aliphatic carbocycles. The van der Waals surface area contributed by atoms with Crippen molar-refractivity contribution in [3.8, 4) is 0 Å². The third kappa shape index (κ3) is 8.08. The van der Waals surface area contributed by atoms with Crippen LogP contribution in [0.25, 0.3) is 0 Å². The Labute approximate surface area is 165 Å². The maximum absolute atomic E-state index is 12.6. The zero-order chi connectivity index (χ0) is 20.0. The first-order chi connectivity index (χ1) is 13.1. The minimum absolute atomic E-state index is 0.105. The van der Waals surface area contributed by atoms with E-state index in [2.05, 4.69) is 10.6 Å². The standard InChI is InChI=1S/C18H32N2O6S/c1-4-23-12-13-26-18(15(21)24-5-2,16(22)25-6-3)9-7-14-27-17-19-10-8-11-20-17/h8,10,17,19-20H,4-7,9,11-14H2,1-3H3. The number of hydrogen-bond acceptors (Lipinski definition) is 9. The number of carbonyl (C=O) groups is 2. The van der Waals surface area contributed by atoms with Crippen molar-refractivity contribution in [2.45, 2.75) is 44.7 Å². The molecule has 0 saturated heterocycles. The summed E-state index contributed by atoms with van der Waals surface area (Å²) >= 11 is 1.66. The molecule has 8 nitrogen and oxygen atoms in total. The van der Waals surface area contributed by atoms with Gasteiger partial charge in [-0.2, -0.15) is 0 Å². The third-order valence-corrected chi connectivity index (χ3v) is 4.90. The summed E-state index contributed by atoms with van der Waals surface area (Å²) in [6.07, 6.45) is 4.68. The van der Waals surface area contributed by atoms with Crippen molar-refractivity contribution in [2.24, 2.45) is 0 Å². The van der Waals surface area contributed by atoms with Crippen LogP contribution in [0.5, 0.6) is 0 Å². The van der Waals surface area contributed by atoms with Crippen molar-refractivity contribution in [1.82, 2.24) is 10.6 Å². The normalized spacial score (nSPS) is 16.6. The predicted molar refractivity (Wildman–Crippen MR) is 104 cm³/mol. The van der Waals surface area contributed by atoms with Gasteiger partial charge in [0.05, 0.1) is 26.4 Å². The van der Waals surface area contributed by atoms with E-state index < -0.39 is 17.5 Å². The number of esters is 2. The van der Waals surface area contributed by atoms with Crippen molar-refractivity contribution in [1.29, 1.82) is 0 Å². The van der Waals surface area contributed by atoms with Gasteiger partial charge in [-0.25, -0.2) is 9.59 Å². The van der Waals surface area contributed by atoms with Crippen LogP contribution in [0.15, 0.2) is 12.3 Å². The van der Waals surface area contributed by atoms with E-state index in [1.54, 1.807) is 25.6 Å². The molecule has 9 heteroatoms. The van der Waals surface area contributed by atoms with E-state index in [0.29, 0.717) is 13.0 Å². The fourth-order valence-electron chi connectivity index (χ4n) is 2.47. The quantitative estimate of drug-likeness (QED) is 0.253. The summed E-state index contributed by atoms with van der Waals surface area (Å²) in [6, 6.07) is 0. The summed E-state index contributed by atoms with van der Waals surface area (Å²) in [4.78, 5) is 25.2. The minimum Gasteiger partial charge on any atom is -0.463 e. The summed E-state index contributed by atoms with van der Waals surface area (Å²) < 4.78 is 21.2. The van der Waals surface area contributed by atoms with E-state index in [4.69, 9.17) is 18.9 Å². The molecule has 1 atom stereocenters. The Morgan fingerprint density at radius 1 is 1.11 bits per heavy atom. The van der Waals surface area contributed by atoms with Gasteiger partial charge in [-0.3, -0.25) is 5.32 Å². The van der Waals surface area contributed by atoms with Gasteiger partial charge in [0.15, 0.2) is 0 Å². The Hall–Kier alpha value is -1.29. The zero-order valence-electron chi connectivity index (χ0n) is 16.5. The van der Waals surface area contributed by atoms with E-state index in [0.717, 1.165) is 12.3 Å². The molecule has 1 unspecified atom stereocenters. The molecule has 1 rings (SSSR count). The molecule has 0 radical (unpaired) electrons. The largest absolute Gasteiger partial charge is 0.463 e. The Balaban J connectivity index is 2.72. The molecule has 0 aromatic rings. The molecule has 156 valence electrons. The summed E-state index contributed by atoms with van der Waals surface area (Å²) in [5.41, 5.74) is -1.65. The van der Waals surface area contributed by atoms with Gasteiger partial charge in [0.2, 0.25) is 0 Å². The first-order valence-electron chi connectivity index (χ1n) is 9.42. The summed E-state index contributed by atoms with van der Waals surface area (Å²) in [5.74, 6) is -0.683. The maximum Gasteiger partial charge on any atom is 0.350 e. The van der Waals surface area contributed by atoms with Gasteiger partial charge in [0.1, 0.15) is 5.50 Å². The second-order valence-electron chi connectivity index (χ2n) is 5.65. The average molecular weight is 405 g/mol. The van der Waals surface area contributed by atoms with Crippen LogP contribution >= 0.6 is 11.8 Å². The van der Waals surface area contributed by atoms with Crippen LogP contribution in [0, 0.1) is 0 Å².